The summed E-state index contributed by atoms with van der Waals surface area (Å²) in [4.78, 5) is 54.4. The van der Waals surface area contributed by atoms with Crippen molar-refractivity contribution in [2.75, 3.05) is 6.54 Å². The minimum absolute atomic E-state index is 0.170. The number of rotatable bonds is 50. The number of hydrogen-bond donors (Lipinski definition) is 1. The lowest BCUT2D eigenvalue weighted by Gasteiger charge is -2.29. The summed E-state index contributed by atoms with van der Waals surface area (Å²) in [5.74, 6) is -2.13. The van der Waals surface area contributed by atoms with E-state index >= 15 is 0 Å². The highest BCUT2D eigenvalue weighted by Crippen LogP contribution is 2.19. The fraction of sp³-hybridized carbons (Fsp3) is 0.825. The molecule has 0 saturated heterocycles. The molecule has 366 valence electrons. The number of aliphatic carboxylic acids is 1. The Morgan fingerprint density at radius 3 is 0.857 bits per heavy atom. The molecule has 0 unspecified atom stereocenters. The summed E-state index contributed by atoms with van der Waals surface area (Å²) in [6, 6.07) is -1.29. The Labute approximate surface area is 390 Å². The average molecular weight is 882 g/mol. The standard InChI is InChI=1S/C57H103NO5/c1-4-7-10-13-16-19-22-25-28-31-34-37-40-43-46-49-53(59)57(54(60)50-47-44-41-38-35-32-29-26-23-20-17-14-11-8-5-2)58(52-56(62)63)55(61)51-48-45-42-39-36-33-30-27-24-21-18-15-12-9-6-3/h25-30,57H,4-24,31-52H2,1-3H3,(H,62,63)/b28-25-,29-26-,30-27-. The van der Waals surface area contributed by atoms with E-state index < -0.39 is 18.6 Å². The number of amides is 1. The van der Waals surface area contributed by atoms with Gasteiger partial charge < -0.3 is 10.0 Å². The van der Waals surface area contributed by atoms with E-state index in [0.717, 1.165) is 101 Å². The summed E-state index contributed by atoms with van der Waals surface area (Å²) in [6.45, 7) is 6.16. The molecule has 0 aliphatic rings. The van der Waals surface area contributed by atoms with Crippen LogP contribution in [0.3, 0.4) is 0 Å². The van der Waals surface area contributed by atoms with Gasteiger partial charge in [-0.25, -0.2) is 0 Å². The van der Waals surface area contributed by atoms with Crippen LogP contribution in [-0.2, 0) is 19.2 Å². The van der Waals surface area contributed by atoms with Crippen molar-refractivity contribution in [1.82, 2.24) is 4.90 Å². The molecule has 0 atom stereocenters. The monoisotopic (exact) mass is 882 g/mol. The van der Waals surface area contributed by atoms with Crippen molar-refractivity contribution in [2.24, 2.45) is 0 Å². The van der Waals surface area contributed by atoms with Gasteiger partial charge in [-0.05, 0) is 96.3 Å². The summed E-state index contributed by atoms with van der Waals surface area (Å²) >= 11 is 0. The van der Waals surface area contributed by atoms with Gasteiger partial charge in [-0.3, -0.25) is 19.2 Å². The molecule has 0 saturated carbocycles. The molecule has 0 bridgehead atoms. The third-order valence-corrected chi connectivity index (χ3v) is 12.6. The molecule has 0 fully saturated rings. The zero-order valence-electron chi connectivity index (χ0n) is 42.0. The number of carbonyl (C=O) groups excluding carboxylic acids is 3. The van der Waals surface area contributed by atoms with Crippen LogP contribution in [0.1, 0.15) is 290 Å². The average Bonchev–Trinajstić information content (AvgIpc) is 3.27. The second-order valence-corrected chi connectivity index (χ2v) is 18.8. The van der Waals surface area contributed by atoms with Crippen molar-refractivity contribution in [1.29, 1.82) is 0 Å². The highest BCUT2D eigenvalue weighted by atomic mass is 16.4. The smallest absolute Gasteiger partial charge is 0.323 e. The van der Waals surface area contributed by atoms with E-state index in [2.05, 4.69) is 57.2 Å². The maximum Gasteiger partial charge on any atom is 0.323 e. The molecule has 1 amide bonds. The van der Waals surface area contributed by atoms with Crippen LogP contribution >= 0.6 is 0 Å². The topological polar surface area (TPSA) is 91.8 Å². The fourth-order valence-corrected chi connectivity index (χ4v) is 8.50. The molecular weight excluding hydrogens is 779 g/mol. The number of carboxylic acids is 1. The number of unbranched alkanes of at least 4 members (excludes halogenated alkanes) is 33. The minimum Gasteiger partial charge on any atom is -0.480 e. The van der Waals surface area contributed by atoms with Crippen LogP contribution in [-0.4, -0.2) is 46.0 Å². The summed E-state index contributed by atoms with van der Waals surface area (Å²) in [5, 5.41) is 9.85. The van der Waals surface area contributed by atoms with Gasteiger partial charge in [0, 0.05) is 19.3 Å². The first-order valence-corrected chi connectivity index (χ1v) is 27.4. The van der Waals surface area contributed by atoms with Gasteiger partial charge in [0.25, 0.3) is 0 Å². The maximum atomic E-state index is 13.8. The molecule has 0 aliphatic carbocycles. The summed E-state index contributed by atoms with van der Waals surface area (Å²) < 4.78 is 0. The molecule has 6 nitrogen and oxygen atoms in total. The van der Waals surface area contributed by atoms with Crippen LogP contribution in [0.25, 0.3) is 0 Å². The predicted octanol–water partition coefficient (Wildman–Crippen LogP) is 17.5. The van der Waals surface area contributed by atoms with Crippen molar-refractivity contribution in [3.8, 4) is 0 Å². The molecule has 0 rings (SSSR count). The molecule has 63 heavy (non-hydrogen) atoms. The van der Waals surface area contributed by atoms with Gasteiger partial charge in [0.05, 0.1) is 0 Å². The molecule has 0 aromatic carbocycles. The van der Waals surface area contributed by atoms with Crippen molar-refractivity contribution < 1.29 is 24.3 Å². The first kappa shape index (κ1) is 60.5. The molecular formula is C57H103NO5. The molecule has 0 spiro atoms. The van der Waals surface area contributed by atoms with Crippen molar-refractivity contribution in [3.05, 3.63) is 36.5 Å². The summed E-state index contributed by atoms with van der Waals surface area (Å²) in [5.41, 5.74) is 0. The zero-order valence-corrected chi connectivity index (χ0v) is 42.0. The Morgan fingerprint density at radius 1 is 0.349 bits per heavy atom. The van der Waals surface area contributed by atoms with Crippen molar-refractivity contribution >= 4 is 23.4 Å². The molecule has 1 N–H and O–H groups in total. The van der Waals surface area contributed by atoms with Gasteiger partial charge in [0.15, 0.2) is 11.6 Å². The van der Waals surface area contributed by atoms with E-state index in [1.165, 1.54) is 135 Å². The quantitative estimate of drug-likeness (QED) is 0.0373. The molecule has 6 heteroatoms. The van der Waals surface area contributed by atoms with Crippen molar-refractivity contribution in [3.63, 3.8) is 0 Å². The van der Waals surface area contributed by atoms with Crippen molar-refractivity contribution in [2.45, 2.75) is 296 Å². The second-order valence-electron chi connectivity index (χ2n) is 18.8. The third kappa shape index (κ3) is 41.9. The lowest BCUT2D eigenvalue weighted by molar-refractivity contribution is -0.151. The van der Waals surface area contributed by atoms with Gasteiger partial charge in [-0.15, -0.1) is 0 Å². The number of ketones is 2. The van der Waals surface area contributed by atoms with Crippen LogP contribution in [0.5, 0.6) is 0 Å². The van der Waals surface area contributed by atoms with Crippen LogP contribution in [0, 0.1) is 0 Å². The van der Waals surface area contributed by atoms with E-state index in [1.807, 2.05) is 0 Å². The Balaban J connectivity index is 4.92. The van der Waals surface area contributed by atoms with Crippen LogP contribution in [0.15, 0.2) is 36.5 Å². The summed E-state index contributed by atoms with van der Waals surface area (Å²) in [7, 11) is 0. The minimum atomic E-state index is -1.29. The number of carboxylic acid groups (broad SMARTS) is 1. The number of nitrogens with zero attached hydrogens (tertiary/aromatic N) is 1. The molecule has 0 aromatic rings. The van der Waals surface area contributed by atoms with Crippen LogP contribution in [0.4, 0.5) is 0 Å². The fourth-order valence-electron chi connectivity index (χ4n) is 8.50. The first-order valence-electron chi connectivity index (χ1n) is 27.4. The Morgan fingerprint density at radius 2 is 0.587 bits per heavy atom. The molecule has 0 aliphatic heterocycles. The van der Waals surface area contributed by atoms with Gasteiger partial charge in [0.1, 0.15) is 12.6 Å². The lowest BCUT2D eigenvalue weighted by atomic mass is 9.95. The van der Waals surface area contributed by atoms with Crippen LogP contribution in [0.2, 0.25) is 0 Å². The van der Waals surface area contributed by atoms with Gasteiger partial charge >= 0.3 is 5.97 Å². The largest absolute Gasteiger partial charge is 0.480 e. The van der Waals surface area contributed by atoms with E-state index in [-0.39, 0.29) is 36.7 Å². The van der Waals surface area contributed by atoms with Gasteiger partial charge in [0.2, 0.25) is 5.91 Å². The SMILES string of the molecule is CCCCCCCC/C=C\CCCCCCCC(=O)C(C(=O)CCCCCCC/C=C\CCCCCCCC)N(CC(=O)O)C(=O)CCCCCCC/C=C\CCCCCCCC. The van der Waals surface area contributed by atoms with E-state index in [4.69, 9.17) is 0 Å². The second kappa shape index (κ2) is 48.9. The lowest BCUT2D eigenvalue weighted by Crippen LogP contribution is -2.51. The highest BCUT2D eigenvalue weighted by molar-refractivity contribution is 6.09. The van der Waals surface area contributed by atoms with E-state index in [1.54, 1.807) is 0 Å². The molecule has 0 heterocycles. The number of hydrogen-bond acceptors (Lipinski definition) is 4. The summed E-state index contributed by atoms with van der Waals surface area (Å²) in [6.07, 6.45) is 59.5. The van der Waals surface area contributed by atoms with Crippen LogP contribution < -0.4 is 0 Å². The third-order valence-electron chi connectivity index (χ3n) is 12.6. The Hall–Kier alpha value is -2.50. The molecule has 0 radical (unpaired) electrons. The Kier molecular flexibility index (Phi) is 47.0. The first-order chi connectivity index (χ1) is 30.9. The predicted molar refractivity (Wildman–Crippen MR) is 272 cm³/mol. The maximum absolute atomic E-state index is 13.8. The van der Waals surface area contributed by atoms with E-state index in [9.17, 15) is 24.3 Å². The molecule has 0 aromatic heterocycles. The number of allylic oxidation sites excluding steroid dienone is 6. The van der Waals surface area contributed by atoms with E-state index in [0.29, 0.717) is 19.3 Å². The number of carbonyl (C=O) groups is 4. The zero-order chi connectivity index (χ0) is 46.1. The van der Waals surface area contributed by atoms with Gasteiger partial charge in [-0.1, -0.05) is 211 Å². The highest BCUT2D eigenvalue weighted by Gasteiger charge is 2.35. The van der Waals surface area contributed by atoms with Gasteiger partial charge in [-0.2, -0.15) is 0 Å². The Bertz CT molecular complexity index is 1090. The number of Topliss-reactive ketones (excluding diaryl/α,β-unsaturated/α-hetero) is 2. The normalized spacial score (nSPS) is 11.9.